The molecular weight excluding hydrogens is 340 g/mol. The van der Waals surface area contributed by atoms with Crippen LogP contribution in [0.3, 0.4) is 0 Å². The van der Waals surface area contributed by atoms with E-state index in [0.29, 0.717) is 12.1 Å². The number of benzene rings is 2. The highest BCUT2D eigenvalue weighted by Crippen LogP contribution is 2.23. The van der Waals surface area contributed by atoms with Crippen molar-refractivity contribution in [3.8, 4) is 16.9 Å². The number of hydrogen-bond donors (Lipinski definition) is 2. The van der Waals surface area contributed by atoms with Crippen LogP contribution in [0.15, 0.2) is 65.1 Å². The number of furan rings is 1. The summed E-state index contributed by atoms with van der Waals surface area (Å²) in [6.45, 7) is 2.35. The number of nitrogens with one attached hydrogen (secondary N) is 1. The summed E-state index contributed by atoms with van der Waals surface area (Å²) in [4.78, 5) is 14.7. The van der Waals surface area contributed by atoms with Crippen LogP contribution in [0.5, 0.6) is 5.75 Å². The molecule has 0 aliphatic heterocycles. The largest absolute Gasteiger partial charge is 0.508 e. The smallest absolute Gasteiger partial charge is 0.251 e. The zero-order valence-corrected chi connectivity index (χ0v) is 15.8. The Morgan fingerprint density at radius 2 is 1.81 bits per heavy atom. The van der Waals surface area contributed by atoms with Gasteiger partial charge in [-0.3, -0.25) is 9.69 Å². The highest BCUT2D eigenvalue weighted by atomic mass is 16.3. The third kappa shape index (κ3) is 4.57. The van der Waals surface area contributed by atoms with Crippen LogP contribution in [0.25, 0.3) is 11.1 Å². The van der Waals surface area contributed by atoms with Gasteiger partial charge >= 0.3 is 0 Å². The first-order valence-corrected chi connectivity index (χ1v) is 8.84. The number of rotatable bonds is 6. The van der Waals surface area contributed by atoms with Gasteiger partial charge in [-0.15, -0.1) is 0 Å². The van der Waals surface area contributed by atoms with Crippen molar-refractivity contribution in [1.29, 1.82) is 0 Å². The van der Waals surface area contributed by atoms with E-state index in [1.165, 1.54) is 0 Å². The Labute approximate surface area is 159 Å². The number of likely N-dealkylation sites (N-methyl/N-ethyl adjacent to an activating group) is 1. The maximum Gasteiger partial charge on any atom is 0.251 e. The standard InChI is InChI=1S/C22H24N2O3/c1-15-7-12-21(27-15)20(24(2)3)14-23-22(26)18-6-4-5-17(13-18)16-8-10-19(25)11-9-16/h4-13,20,25H,14H2,1-3H3,(H,23,26). The number of aryl methyl sites for hydroxylation is 1. The fourth-order valence-electron chi connectivity index (χ4n) is 2.96. The summed E-state index contributed by atoms with van der Waals surface area (Å²) in [6, 6.07) is 18.2. The minimum Gasteiger partial charge on any atom is -0.508 e. The summed E-state index contributed by atoms with van der Waals surface area (Å²) >= 11 is 0. The lowest BCUT2D eigenvalue weighted by atomic mass is 10.0. The van der Waals surface area contributed by atoms with E-state index in [-0.39, 0.29) is 17.7 Å². The van der Waals surface area contributed by atoms with Gasteiger partial charge in [-0.1, -0.05) is 24.3 Å². The number of carbonyl (C=O) groups excluding carboxylic acids is 1. The minimum atomic E-state index is -0.134. The average molecular weight is 364 g/mol. The van der Waals surface area contributed by atoms with Gasteiger partial charge in [0.25, 0.3) is 5.91 Å². The second-order valence-corrected chi connectivity index (χ2v) is 6.77. The second-order valence-electron chi connectivity index (χ2n) is 6.77. The molecule has 2 aromatic carbocycles. The van der Waals surface area contributed by atoms with Crippen molar-refractivity contribution in [1.82, 2.24) is 10.2 Å². The molecule has 1 amide bonds. The highest BCUT2D eigenvalue weighted by molar-refractivity contribution is 5.95. The SMILES string of the molecule is Cc1ccc(C(CNC(=O)c2cccc(-c3ccc(O)cc3)c2)N(C)C)o1. The van der Waals surface area contributed by atoms with Crippen LogP contribution in [-0.4, -0.2) is 36.6 Å². The number of phenolic OH excluding ortho intramolecular Hbond substituents is 1. The molecule has 0 saturated carbocycles. The Hall–Kier alpha value is -3.05. The van der Waals surface area contributed by atoms with Crippen LogP contribution in [0.4, 0.5) is 0 Å². The quantitative estimate of drug-likeness (QED) is 0.694. The van der Waals surface area contributed by atoms with Crippen LogP contribution < -0.4 is 5.32 Å². The molecule has 2 N–H and O–H groups in total. The van der Waals surface area contributed by atoms with Gasteiger partial charge in [-0.05, 0) is 68.5 Å². The Balaban J connectivity index is 1.72. The van der Waals surface area contributed by atoms with Crippen molar-refractivity contribution in [2.45, 2.75) is 13.0 Å². The van der Waals surface area contributed by atoms with Crippen LogP contribution in [0.1, 0.15) is 27.9 Å². The van der Waals surface area contributed by atoms with Gasteiger partial charge in [0.05, 0.1) is 6.04 Å². The van der Waals surface area contributed by atoms with Crippen molar-refractivity contribution >= 4 is 5.91 Å². The zero-order chi connectivity index (χ0) is 19.4. The molecule has 140 valence electrons. The molecule has 0 radical (unpaired) electrons. The Bertz CT molecular complexity index is 913. The number of phenols is 1. The van der Waals surface area contributed by atoms with E-state index in [2.05, 4.69) is 5.32 Å². The fraction of sp³-hybridized carbons (Fsp3) is 0.227. The van der Waals surface area contributed by atoms with Gasteiger partial charge in [0.2, 0.25) is 0 Å². The average Bonchev–Trinajstić information content (AvgIpc) is 3.08. The fourth-order valence-corrected chi connectivity index (χ4v) is 2.96. The van der Waals surface area contributed by atoms with Crippen LogP contribution in [0.2, 0.25) is 0 Å². The van der Waals surface area contributed by atoms with Crippen LogP contribution >= 0.6 is 0 Å². The van der Waals surface area contributed by atoms with Crippen molar-refractivity contribution in [2.24, 2.45) is 0 Å². The minimum absolute atomic E-state index is 0.0390. The summed E-state index contributed by atoms with van der Waals surface area (Å²) in [6.07, 6.45) is 0. The summed E-state index contributed by atoms with van der Waals surface area (Å²) in [5.41, 5.74) is 2.46. The van der Waals surface area contributed by atoms with Crippen molar-refractivity contribution < 1.29 is 14.3 Å². The van der Waals surface area contributed by atoms with Gasteiger partial charge in [0, 0.05) is 12.1 Å². The molecule has 0 fully saturated rings. The summed E-state index contributed by atoms with van der Waals surface area (Å²) < 4.78 is 5.72. The number of amides is 1. The zero-order valence-electron chi connectivity index (χ0n) is 15.8. The molecule has 0 bridgehead atoms. The molecule has 0 spiro atoms. The van der Waals surface area contributed by atoms with E-state index in [9.17, 15) is 9.90 Å². The first kappa shape index (κ1) is 18.7. The summed E-state index contributed by atoms with van der Waals surface area (Å²) in [5, 5.41) is 12.4. The Morgan fingerprint density at radius 3 is 2.44 bits per heavy atom. The lowest BCUT2D eigenvalue weighted by Crippen LogP contribution is -2.34. The molecule has 27 heavy (non-hydrogen) atoms. The number of hydrogen-bond acceptors (Lipinski definition) is 4. The predicted molar refractivity (Wildman–Crippen MR) is 106 cm³/mol. The van der Waals surface area contributed by atoms with Crippen molar-refractivity contribution in [3.63, 3.8) is 0 Å². The third-order valence-corrected chi connectivity index (χ3v) is 4.49. The normalized spacial score (nSPS) is 12.1. The third-order valence-electron chi connectivity index (χ3n) is 4.49. The van der Waals surface area contributed by atoms with Gasteiger partial charge in [-0.25, -0.2) is 0 Å². The maximum absolute atomic E-state index is 12.6. The van der Waals surface area contributed by atoms with E-state index in [1.54, 1.807) is 18.2 Å². The summed E-state index contributed by atoms with van der Waals surface area (Å²) in [5.74, 6) is 1.77. The van der Waals surface area contributed by atoms with Gasteiger partial charge < -0.3 is 14.8 Å². The van der Waals surface area contributed by atoms with Crippen molar-refractivity contribution in [3.05, 3.63) is 77.7 Å². The lowest BCUT2D eigenvalue weighted by Gasteiger charge is -2.22. The number of nitrogens with zero attached hydrogens (tertiary/aromatic N) is 1. The summed E-state index contributed by atoms with van der Waals surface area (Å²) in [7, 11) is 3.92. The number of aromatic hydroxyl groups is 1. The van der Waals surface area contributed by atoms with Gasteiger partial charge in [-0.2, -0.15) is 0 Å². The molecule has 3 rings (SSSR count). The lowest BCUT2D eigenvalue weighted by molar-refractivity contribution is 0.0939. The molecule has 5 nitrogen and oxygen atoms in total. The molecule has 0 aliphatic carbocycles. The van der Waals surface area contributed by atoms with Crippen molar-refractivity contribution in [2.75, 3.05) is 20.6 Å². The van der Waals surface area contributed by atoms with E-state index in [4.69, 9.17) is 4.42 Å². The molecule has 1 atom stereocenters. The van der Waals surface area contributed by atoms with E-state index < -0.39 is 0 Å². The molecule has 0 saturated heterocycles. The first-order chi connectivity index (χ1) is 12.9. The highest BCUT2D eigenvalue weighted by Gasteiger charge is 2.19. The van der Waals surface area contributed by atoms with Crippen LogP contribution in [0, 0.1) is 6.92 Å². The molecule has 1 heterocycles. The second kappa shape index (κ2) is 8.10. The molecule has 5 heteroatoms. The van der Waals surface area contributed by atoms with E-state index in [0.717, 1.165) is 22.6 Å². The molecule has 1 aromatic heterocycles. The topological polar surface area (TPSA) is 65.7 Å². The predicted octanol–water partition coefficient (Wildman–Crippen LogP) is 3.99. The van der Waals surface area contributed by atoms with E-state index in [1.807, 2.05) is 68.4 Å². The molecule has 3 aromatic rings. The van der Waals surface area contributed by atoms with Gasteiger partial charge in [0.1, 0.15) is 17.3 Å². The molecule has 0 aliphatic rings. The van der Waals surface area contributed by atoms with Crippen LogP contribution in [-0.2, 0) is 0 Å². The maximum atomic E-state index is 12.6. The first-order valence-electron chi connectivity index (χ1n) is 8.84. The Morgan fingerprint density at radius 1 is 1.07 bits per heavy atom. The molecule has 1 unspecified atom stereocenters. The van der Waals surface area contributed by atoms with E-state index >= 15 is 0 Å². The monoisotopic (exact) mass is 364 g/mol. The Kier molecular flexibility index (Phi) is 5.62. The number of carbonyl (C=O) groups is 1. The van der Waals surface area contributed by atoms with Gasteiger partial charge in [0.15, 0.2) is 0 Å². The molecular formula is C22H24N2O3.